The van der Waals surface area contributed by atoms with Crippen LogP contribution in [0, 0.1) is 13.8 Å². The van der Waals surface area contributed by atoms with Gasteiger partial charge in [-0.3, -0.25) is 4.90 Å². The van der Waals surface area contributed by atoms with Gasteiger partial charge in [0.25, 0.3) is 0 Å². The van der Waals surface area contributed by atoms with Crippen molar-refractivity contribution in [3.63, 3.8) is 0 Å². The molecule has 160 valence electrons. The fourth-order valence-electron chi connectivity index (χ4n) is 4.59. The second kappa shape index (κ2) is 9.05. The van der Waals surface area contributed by atoms with Crippen LogP contribution in [0.2, 0.25) is 0 Å². The Morgan fingerprint density at radius 1 is 1.00 bits per heavy atom. The molecule has 1 aliphatic rings. The fourth-order valence-corrected chi connectivity index (χ4v) is 4.59. The number of fused-ring (bicyclic) bond motifs is 1. The molecule has 0 saturated heterocycles. The minimum Gasteiger partial charge on any atom is -0.478 e. The molecule has 0 amide bonds. The van der Waals surface area contributed by atoms with Crippen molar-refractivity contribution >= 4 is 11.5 Å². The average molecular weight is 407 g/mol. The molecule has 0 spiro atoms. The van der Waals surface area contributed by atoms with Crippen molar-refractivity contribution in [3.8, 4) is 0 Å². The monoisotopic (exact) mass is 406 g/mol. The zero-order valence-corrected chi connectivity index (χ0v) is 19.0. The highest BCUT2D eigenvalue weighted by molar-refractivity contribution is 6.16. The summed E-state index contributed by atoms with van der Waals surface area (Å²) in [5, 5.41) is 9.91. The standard InChI is InChI=1S/C26H34N2O2/c1-17(2)28(18(3)4)15-14-27-16-24(26(29)30)22-11-7-8-12-23(22)25(27)21-13-9-10-19(5)20(21)6/h7-13,16-18,25H,14-15H2,1-6H3,(H,29,30). The van der Waals surface area contributed by atoms with Crippen molar-refractivity contribution < 1.29 is 9.90 Å². The summed E-state index contributed by atoms with van der Waals surface area (Å²) in [5.41, 5.74) is 6.00. The second-order valence-electron chi connectivity index (χ2n) is 8.79. The molecule has 2 aromatic rings. The molecular formula is C26H34N2O2. The quantitative estimate of drug-likeness (QED) is 0.682. The van der Waals surface area contributed by atoms with E-state index in [1.165, 1.54) is 16.7 Å². The van der Waals surface area contributed by atoms with E-state index in [0.717, 1.165) is 24.2 Å². The molecule has 1 aliphatic heterocycles. The molecule has 4 heteroatoms. The molecule has 1 heterocycles. The van der Waals surface area contributed by atoms with Gasteiger partial charge in [0.1, 0.15) is 0 Å². The molecule has 1 atom stereocenters. The first-order chi connectivity index (χ1) is 14.2. The van der Waals surface area contributed by atoms with Crippen LogP contribution >= 0.6 is 0 Å². The summed E-state index contributed by atoms with van der Waals surface area (Å²) in [6.45, 7) is 14.8. The number of rotatable bonds is 7. The molecular weight excluding hydrogens is 372 g/mol. The maximum atomic E-state index is 12.1. The number of carboxylic acids is 1. The first kappa shape index (κ1) is 22.1. The summed E-state index contributed by atoms with van der Waals surface area (Å²) >= 11 is 0. The highest BCUT2D eigenvalue weighted by atomic mass is 16.4. The van der Waals surface area contributed by atoms with Crippen molar-refractivity contribution in [1.82, 2.24) is 9.80 Å². The molecule has 0 saturated carbocycles. The number of carbonyl (C=O) groups is 1. The van der Waals surface area contributed by atoms with Crippen molar-refractivity contribution in [2.75, 3.05) is 13.1 Å². The Morgan fingerprint density at radius 3 is 2.27 bits per heavy atom. The molecule has 0 radical (unpaired) electrons. The number of hydrogen-bond acceptors (Lipinski definition) is 3. The summed E-state index contributed by atoms with van der Waals surface area (Å²) in [4.78, 5) is 16.8. The predicted octanol–water partition coefficient (Wildman–Crippen LogP) is 5.25. The lowest BCUT2D eigenvalue weighted by atomic mass is 9.84. The maximum Gasteiger partial charge on any atom is 0.337 e. The van der Waals surface area contributed by atoms with Crippen LogP contribution in [0.4, 0.5) is 0 Å². The van der Waals surface area contributed by atoms with Gasteiger partial charge in [0.2, 0.25) is 0 Å². The maximum absolute atomic E-state index is 12.1. The van der Waals surface area contributed by atoms with Crippen LogP contribution in [-0.4, -0.2) is 46.0 Å². The smallest absolute Gasteiger partial charge is 0.337 e. The van der Waals surface area contributed by atoms with Crippen molar-refractivity contribution in [2.45, 2.75) is 59.7 Å². The topological polar surface area (TPSA) is 43.8 Å². The molecule has 0 fully saturated rings. The van der Waals surface area contributed by atoms with Gasteiger partial charge in [-0.25, -0.2) is 4.79 Å². The third-order valence-electron chi connectivity index (χ3n) is 6.29. The van der Waals surface area contributed by atoms with Crippen molar-refractivity contribution in [1.29, 1.82) is 0 Å². The highest BCUT2D eigenvalue weighted by Crippen LogP contribution is 2.40. The van der Waals surface area contributed by atoms with E-state index in [1.54, 1.807) is 0 Å². The number of benzene rings is 2. The van der Waals surface area contributed by atoms with Crippen LogP contribution in [-0.2, 0) is 4.79 Å². The van der Waals surface area contributed by atoms with E-state index in [0.29, 0.717) is 17.7 Å². The average Bonchev–Trinajstić information content (AvgIpc) is 2.69. The number of carboxylic acid groups (broad SMARTS) is 1. The Kier molecular flexibility index (Phi) is 6.67. The molecule has 0 aromatic heterocycles. The van der Waals surface area contributed by atoms with Gasteiger partial charge in [-0.05, 0) is 69.4 Å². The first-order valence-electron chi connectivity index (χ1n) is 10.8. The normalized spacial score (nSPS) is 16.2. The Bertz CT molecular complexity index is 938. The predicted molar refractivity (Wildman–Crippen MR) is 123 cm³/mol. The van der Waals surface area contributed by atoms with Gasteiger partial charge >= 0.3 is 5.97 Å². The zero-order valence-electron chi connectivity index (χ0n) is 19.0. The van der Waals surface area contributed by atoms with Gasteiger partial charge in [-0.1, -0.05) is 42.5 Å². The van der Waals surface area contributed by atoms with Crippen molar-refractivity contribution in [3.05, 3.63) is 76.5 Å². The lowest BCUT2D eigenvalue weighted by Gasteiger charge is -2.40. The van der Waals surface area contributed by atoms with E-state index in [-0.39, 0.29) is 6.04 Å². The van der Waals surface area contributed by atoms with E-state index in [4.69, 9.17) is 0 Å². The molecule has 3 rings (SSSR count). The Morgan fingerprint density at radius 2 is 1.63 bits per heavy atom. The van der Waals surface area contributed by atoms with Gasteiger partial charge in [-0.15, -0.1) is 0 Å². The van der Waals surface area contributed by atoms with Gasteiger partial charge < -0.3 is 10.0 Å². The second-order valence-corrected chi connectivity index (χ2v) is 8.79. The first-order valence-corrected chi connectivity index (χ1v) is 10.8. The molecule has 1 N–H and O–H groups in total. The lowest BCUT2D eigenvalue weighted by molar-refractivity contribution is -0.130. The van der Waals surface area contributed by atoms with E-state index in [9.17, 15) is 9.90 Å². The summed E-state index contributed by atoms with van der Waals surface area (Å²) in [7, 11) is 0. The minimum absolute atomic E-state index is 0.00498. The van der Waals surface area contributed by atoms with Crippen LogP contribution < -0.4 is 0 Å². The molecule has 2 aromatic carbocycles. The van der Waals surface area contributed by atoms with Crippen LogP contribution in [0.1, 0.15) is 61.6 Å². The number of aliphatic carboxylic acids is 1. The summed E-state index contributed by atoms with van der Waals surface area (Å²) < 4.78 is 0. The molecule has 0 bridgehead atoms. The third kappa shape index (κ3) is 4.29. The van der Waals surface area contributed by atoms with E-state index in [1.807, 2.05) is 24.4 Å². The number of nitrogens with zero attached hydrogens (tertiary/aromatic N) is 2. The van der Waals surface area contributed by atoms with Gasteiger partial charge in [0.15, 0.2) is 0 Å². The van der Waals surface area contributed by atoms with E-state index < -0.39 is 5.97 Å². The molecule has 0 aliphatic carbocycles. The Hall–Kier alpha value is -2.59. The van der Waals surface area contributed by atoms with E-state index in [2.05, 4.69) is 75.6 Å². The summed E-state index contributed by atoms with van der Waals surface area (Å²) in [6.07, 6.45) is 1.86. The van der Waals surface area contributed by atoms with Crippen molar-refractivity contribution in [2.24, 2.45) is 0 Å². The lowest BCUT2D eigenvalue weighted by Crippen LogP contribution is -2.43. The van der Waals surface area contributed by atoms with Crippen LogP contribution in [0.5, 0.6) is 0 Å². The van der Waals surface area contributed by atoms with Gasteiger partial charge in [0, 0.05) is 31.4 Å². The highest BCUT2D eigenvalue weighted by Gasteiger charge is 2.32. The summed E-state index contributed by atoms with van der Waals surface area (Å²) in [5.74, 6) is -0.878. The van der Waals surface area contributed by atoms with Gasteiger partial charge in [0.05, 0.1) is 11.6 Å². The SMILES string of the molecule is Cc1cccc(C2c3ccccc3C(C(=O)O)=CN2CCN(C(C)C)C(C)C)c1C. The largest absolute Gasteiger partial charge is 0.478 e. The molecule has 30 heavy (non-hydrogen) atoms. The van der Waals surface area contributed by atoms with Crippen LogP contribution in [0.15, 0.2) is 48.7 Å². The third-order valence-corrected chi connectivity index (χ3v) is 6.29. The fraction of sp³-hybridized carbons (Fsp3) is 0.423. The number of aryl methyl sites for hydroxylation is 1. The molecule has 4 nitrogen and oxygen atoms in total. The Labute approximate surface area is 180 Å². The number of hydrogen-bond donors (Lipinski definition) is 1. The van der Waals surface area contributed by atoms with Crippen LogP contribution in [0.3, 0.4) is 0 Å². The minimum atomic E-state index is -0.878. The summed E-state index contributed by atoms with van der Waals surface area (Å²) in [6, 6.07) is 15.2. The van der Waals surface area contributed by atoms with Crippen LogP contribution in [0.25, 0.3) is 5.57 Å². The van der Waals surface area contributed by atoms with Gasteiger partial charge in [-0.2, -0.15) is 0 Å². The zero-order chi connectivity index (χ0) is 22.0. The van der Waals surface area contributed by atoms with E-state index >= 15 is 0 Å². The Balaban J connectivity index is 2.10. The molecule has 1 unspecified atom stereocenters.